The first kappa shape index (κ1) is 25.6. The Hall–Kier alpha value is -3.69. The number of halogens is 1. The molecular weight excluding hydrogens is 518 g/mol. The van der Waals surface area contributed by atoms with E-state index in [1.807, 2.05) is 43.5 Å². The van der Waals surface area contributed by atoms with Crippen LogP contribution in [0.25, 0.3) is 22.6 Å². The van der Waals surface area contributed by atoms with Crippen molar-refractivity contribution in [1.29, 1.82) is 0 Å². The summed E-state index contributed by atoms with van der Waals surface area (Å²) >= 11 is 6.57. The topological polar surface area (TPSA) is 107 Å². The Kier molecular flexibility index (Phi) is 6.86. The van der Waals surface area contributed by atoms with Gasteiger partial charge in [-0.2, -0.15) is 5.10 Å². The van der Waals surface area contributed by atoms with Gasteiger partial charge in [-0.3, -0.25) is 9.67 Å². The van der Waals surface area contributed by atoms with Crippen LogP contribution in [0.3, 0.4) is 0 Å². The minimum absolute atomic E-state index is 0.127. The average Bonchev–Trinajstić information content (AvgIpc) is 3.57. The maximum absolute atomic E-state index is 11.3. The van der Waals surface area contributed by atoms with Crippen molar-refractivity contribution in [2.45, 2.75) is 51.2 Å². The number of aryl methyl sites for hydroxylation is 2. The Bertz CT molecular complexity index is 1480. The molecule has 0 radical (unpaired) electrons. The van der Waals surface area contributed by atoms with E-state index >= 15 is 0 Å². The van der Waals surface area contributed by atoms with E-state index < -0.39 is 5.97 Å². The Morgan fingerprint density at radius 3 is 2.59 bits per heavy atom. The van der Waals surface area contributed by atoms with Crippen molar-refractivity contribution in [3.05, 3.63) is 70.2 Å². The number of anilines is 1. The second-order valence-electron chi connectivity index (χ2n) is 10.3. The highest BCUT2D eigenvalue weighted by Gasteiger charge is 2.34. The molecule has 0 amide bonds. The van der Waals surface area contributed by atoms with Gasteiger partial charge in [0, 0.05) is 43.2 Å². The standard InChI is InChI=1S/C29H30ClN5O4/c1-17-4-3-5-22(30)26(17)27-21(28(39-33-27)18-6-7-18)16-38-20-10-12-35(13-11-20)19-8-9-23(31-15-19)24-14-25(29(36)37)34(2)32-24/h3-5,8-9,14-15,18,20H,6-7,10-13,16H2,1-2H3,(H,36,37). The van der Waals surface area contributed by atoms with Gasteiger partial charge in [-0.05, 0) is 56.4 Å². The molecule has 202 valence electrons. The highest BCUT2D eigenvalue weighted by molar-refractivity contribution is 6.33. The van der Waals surface area contributed by atoms with Gasteiger partial charge in [0.1, 0.15) is 22.8 Å². The number of aromatic nitrogens is 4. The van der Waals surface area contributed by atoms with Crippen LogP contribution in [0.2, 0.25) is 5.02 Å². The molecular formula is C29H30ClN5O4. The number of hydrogen-bond donors (Lipinski definition) is 1. The molecule has 1 aliphatic heterocycles. The highest BCUT2D eigenvalue weighted by atomic mass is 35.5. The quantitative estimate of drug-likeness (QED) is 0.292. The second-order valence-corrected chi connectivity index (χ2v) is 10.7. The van der Waals surface area contributed by atoms with Crippen molar-refractivity contribution in [1.82, 2.24) is 19.9 Å². The number of pyridine rings is 1. The molecule has 1 saturated heterocycles. The molecule has 0 atom stereocenters. The number of carbonyl (C=O) groups is 1. The lowest BCUT2D eigenvalue weighted by Gasteiger charge is -2.33. The van der Waals surface area contributed by atoms with Crippen LogP contribution in [0.4, 0.5) is 5.69 Å². The number of aromatic carboxylic acids is 1. The predicted molar refractivity (Wildman–Crippen MR) is 147 cm³/mol. The number of carboxylic acids is 1. The van der Waals surface area contributed by atoms with E-state index in [4.69, 9.17) is 20.9 Å². The fourth-order valence-electron chi connectivity index (χ4n) is 5.26. The molecule has 2 aliphatic rings. The lowest BCUT2D eigenvalue weighted by atomic mass is 10.0. The molecule has 2 fully saturated rings. The Labute approximate surface area is 231 Å². The molecule has 1 N–H and O–H groups in total. The number of rotatable bonds is 8. The summed E-state index contributed by atoms with van der Waals surface area (Å²) in [5.74, 6) is 0.351. The first-order valence-corrected chi connectivity index (χ1v) is 13.6. The van der Waals surface area contributed by atoms with Crippen LogP contribution >= 0.6 is 11.6 Å². The summed E-state index contributed by atoms with van der Waals surface area (Å²) in [6, 6.07) is 11.3. The molecule has 0 spiro atoms. The van der Waals surface area contributed by atoms with Crippen LogP contribution in [0.1, 0.15) is 59.0 Å². The first-order chi connectivity index (χ1) is 18.9. The van der Waals surface area contributed by atoms with Gasteiger partial charge in [0.05, 0.1) is 35.3 Å². The molecule has 39 heavy (non-hydrogen) atoms. The molecule has 3 aromatic heterocycles. The monoisotopic (exact) mass is 547 g/mol. The Morgan fingerprint density at radius 1 is 1.15 bits per heavy atom. The summed E-state index contributed by atoms with van der Waals surface area (Å²) in [5, 5.41) is 18.7. The zero-order valence-corrected chi connectivity index (χ0v) is 22.7. The van der Waals surface area contributed by atoms with Crippen molar-refractivity contribution in [3.8, 4) is 22.6 Å². The second kappa shape index (κ2) is 10.5. The van der Waals surface area contributed by atoms with Crippen molar-refractivity contribution in [2.75, 3.05) is 18.0 Å². The van der Waals surface area contributed by atoms with Crippen LogP contribution in [0.5, 0.6) is 0 Å². The molecule has 0 unspecified atom stereocenters. The van der Waals surface area contributed by atoms with E-state index in [0.717, 1.165) is 72.6 Å². The molecule has 6 rings (SSSR count). The van der Waals surface area contributed by atoms with Crippen molar-refractivity contribution >= 4 is 23.3 Å². The minimum atomic E-state index is -1.01. The fraction of sp³-hybridized carbons (Fsp3) is 0.379. The third-order valence-corrected chi connectivity index (χ3v) is 7.92. The molecule has 4 heterocycles. The lowest BCUT2D eigenvalue weighted by molar-refractivity contribution is 0.0246. The summed E-state index contributed by atoms with van der Waals surface area (Å²) < 4.78 is 13.6. The van der Waals surface area contributed by atoms with Crippen LogP contribution in [-0.4, -0.2) is 50.2 Å². The zero-order chi connectivity index (χ0) is 27.1. The number of hydrogen-bond acceptors (Lipinski definition) is 7. The summed E-state index contributed by atoms with van der Waals surface area (Å²) in [5.41, 5.74) is 6.15. The Balaban J connectivity index is 1.10. The van der Waals surface area contributed by atoms with Gasteiger partial charge >= 0.3 is 5.97 Å². The van der Waals surface area contributed by atoms with Gasteiger partial charge in [-0.1, -0.05) is 28.9 Å². The maximum Gasteiger partial charge on any atom is 0.354 e. The molecule has 1 aliphatic carbocycles. The normalized spacial score (nSPS) is 16.1. The number of nitrogens with zero attached hydrogens (tertiary/aromatic N) is 5. The molecule has 10 heteroatoms. The van der Waals surface area contributed by atoms with Gasteiger partial charge in [0.15, 0.2) is 0 Å². The van der Waals surface area contributed by atoms with Gasteiger partial charge < -0.3 is 19.3 Å². The van der Waals surface area contributed by atoms with Gasteiger partial charge in [-0.25, -0.2) is 4.79 Å². The SMILES string of the molecule is Cc1cccc(Cl)c1-c1noc(C2CC2)c1COC1CCN(c2ccc(-c3cc(C(=O)O)n(C)n3)nc2)CC1. The van der Waals surface area contributed by atoms with Gasteiger partial charge in [0.2, 0.25) is 0 Å². The molecule has 9 nitrogen and oxygen atoms in total. The Morgan fingerprint density at radius 2 is 1.95 bits per heavy atom. The number of benzene rings is 1. The van der Waals surface area contributed by atoms with Crippen molar-refractivity contribution in [2.24, 2.45) is 7.05 Å². The van der Waals surface area contributed by atoms with E-state index in [1.165, 1.54) is 10.7 Å². The minimum Gasteiger partial charge on any atom is -0.477 e. The molecule has 0 bridgehead atoms. The number of carboxylic acid groups (broad SMARTS) is 1. The van der Waals surface area contributed by atoms with Crippen molar-refractivity contribution < 1.29 is 19.2 Å². The molecule has 1 aromatic carbocycles. The largest absolute Gasteiger partial charge is 0.477 e. The fourth-order valence-corrected chi connectivity index (χ4v) is 5.57. The lowest BCUT2D eigenvalue weighted by Crippen LogP contribution is -2.37. The summed E-state index contributed by atoms with van der Waals surface area (Å²) in [7, 11) is 1.61. The summed E-state index contributed by atoms with van der Waals surface area (Å²) in [6.07, 6.45) is 6.00. The van der Waals surface area contributed by atoms with Crippen LogP contribution in [0.15, 0.2) is 47.1 Å². The number of ether oxygens (including phenoxy) is 1. The summed E-state index contributed by atoms with van der Waals surface area (Å²) in [4.78, 5) is 18.2. The van der Waals surface area contributed by atoms with Crippen LogP contribution in [0, 0.1) is 6.92 Å². The zero-order valence-electron chi connectivity index (χ0n) is 21.9. The van der Waals surface area contributed by atoms with E-state index in [1.54, 1.807) is 7.05 Å². The first-order valence-electron chi connectivity index (χ1n) is 13.2. The maximum atomic E-state index is 11.3. The summed E-state index contributed by atoms with van der Waals surface area (Å²) in [6.45, 7) is 4.21. The number of piperidine rings is 1. The van der Waals surface area contributed by atoms with E-state index in [0.29, 0.717) is 28.9 Å². The molecule has 1 saturated carbocycles. The molecule has 4 aromatic rings. The predicted octanol–water partition coefficient (Wildman–Crippen LogP) is 5.86. The third-order valence-electron chi connectivity index (χ3n) is 7.61. The van der Waals surface area contributed by atoms with Gasteiger partial charge in [-0.15, -0.1) is 0 Å². The van der Waals surface area contributed by atoms with Crippen molar-refractivity contribution in [3.63, 3.8) is 0 Å². The highest BCUT2D eigenvalue weighted by Crippen LogP contribution is 2.45. The average molecular weight is 548 g/mol. The van der Waals surface area contributed by atoms with Gasteiger partial charge in [0.25, 0.3) is 0 Å². The van der Waals surface area contributed by atoms with E-state index in [9.17, 15) is 9.90 Å². The van der Waals surface area contributed by atoms with Crippen LogP contribution < -0.4 is 4.90 Å². The van der Waals surface area contributed by atoms with E-state index in [-0.39, 0.29) is 11.8 Å². The van der Waals surface area contributed by atoms with Crippen LogP contribution in [-0.2, 0) is 18.4 Å². The third kappa shape index (κ3) is 5.16. The van der Waals surface area contributed by atoms with E-state index in [2.05, 4.69) is 20.1 Å². The smallest absolute Gasteiger partial charge is 0.354 e.